The second-order valence-electron chi connectivity index (χ2n) is 9.00. The van der Waals surface area contributed by atoms with Crippen molar-refractivity contribution in [2.24, 2.45) is 0 Å². The fraction of sp³-hybridized carbons (Fsp3) is 0.310. The Morgan fingerprint density at radius 3 is 2.45 bits per heavy atom. The predicted octanol–water partition coefficient (Wildman–Crippen LogP) is 5.09. The molecule has 9 nitrogen and oxygen atoms in total. The summed E-state index contributed by atoms with van der Waals surface area (Å²) in [6.07, 6.45) is 4.13. The fourth-order valence-electron chi connectivity index (χ4n) is 4.22. The van der Waals surface area contributed by atoms with Crippen LogP contribution in [0.4, 0.5) is 23.1 Å². The van der Waals surface area contributed by atoms with Crippen molar-refractivity contribution < 1.29 is 9.47 Å². The summed E-state index contributed by atoms with van der Waals surface area (Å²) in [7, 11) is 0. The van der Waals surface area contributed by atoms with Gasteiger partial charge in [-0.25, -0.2) is 0 Å². The molecule has 1 aromatic heterocycles. The molecule has 1 aliphatic rings. The molecule has 1 saturated heterocycles. The van der Waals surface area contributed by atoms with Crippen molar-refractivity contribution in [1.29, 1.82) is 10.5 Å². The molecular formula is C29H31N7O2. The molecule has 9 heteroatoms. The summed E-state index contributed by atoms with van der Waals surface area (Å²) in [4.78, 5) is 11.6. The zero-order valence-electron chi connectivity index (χ0n) is 21.7. The molecule has 0 radical (unpaired) electrons. The van der Waals surface area contributed by atoms with Gasteiger partial charge in [-0.15, -0.1) is 0 Å². The van der Waals surface area contributed by atoms with Crippen LogP contribution in [-0.2, 0) is 4.74 Å². The van der Waals surface area contributed by atoms with Crippen molar-refractivity contribution >= 4 is 29.2 Å². The minimum absolute atomic E-state index is 0.381. The summed E-state index contributed by atoms with van der Waals surface area (Å²) in [5.41, 5.74) is 5.28. The maximum atomic E-state index is 9.07. The lowest BCUT2D eigenvalue weighted by Crippen LogP contribution is -2.37. The first-order valence-corrected chi connectivity index (χ1v) is 12.6. The zero-order valence-corrected chi connectivity index (χ0v) is 21.7. The van der Waals surface area contributed by atoms with Crippen LogP contribution >= 0.6 is 0 Å². The first-order valence-electron chi connectivity index (χ1n) is 12.6. The minimum atomic E-state index is 0.381. The van der Waals surface area contributed by atoms with Crippen molar-refractivity contribution in [3.8, 4) is 18.0 Å². The van der Waals surface area contributed by atoms with Gasteiger partial charge in [0.1, 0.15) is 5.82 Å². The number of aromatic nitrogens is 2. The lowest BCUT2D eigenvalue weighted by molar-refractivity contribution is 0.0357. The summed E-state index contributed by atoms with van der Waals surface area (Å²) < 4.78 is 11.5. The minimum Gasteiger partial charge on any atom is -0.477 e. The Hall–Kier alpha value is -4.44. The predicted molar refractivity (Wildman–Crippen MR) is 148 cm³/mol. The number of allylic oxidation sites excluding steroid dienone is 1. The number of nitriles is 2. The largest absolute Gasteiger partial charge is 0.477 e. The third-order valence-corrected chi connectivity index (χ3v) is 6.10. The van der Waals surface area contributed by atoms with E-state index in [-0.39, 0.29) is 0 Å². The number of anilines is 4. The van der Waals surface area contributed by atoms with E-state index in [2.05, 4.69) is 31.6 Å². The van der Waals surface area contributed by atoms with Crippen LogP contribution in [0.5, 0.6) is 5.88 Å². The van der Waals surface area contributed by atoms with Crippen molar-refractivity contribution in [3.05, 3.63) is 70.8 Å². The summed E-state index contributed by atoms with van der Waals surface area (Å²) in [5, 5.41) is 24.6. The number of hydrogen-bond donors (Lipinski definition) is 2. The Morgan fingerprint density at radius 1 is 1.03 bits per heavy atom. The van der Waals surface area contributed by atoms with Gasteiger partial charge in [0.2, 0.25) is 11.8 Å². The van der Waals surface area contributed by atoms with Crippen LogP contribution in [-0.4, -0.2) is 54.3 Å². The maximum Gasteiger partial charge on any atom is 0.232 e. The van der Waals surface area contributed by atoms with Crippen LogP contribution in [0, 0.1) is 36.5 Å². The number of benzene rings is 2. The molecule has 1 aliphatic heterocycles. The van der Waals surface area contributed by atoms with Crippen molar-refractivity contribution in [2.75, 3.05) is 50.1 Å². The van der Waals surface area contributed by atoms with Crippen LogP contribution in [0.15, 0.2) is 48.5 Å². The lowest BCUT2D eigenvalue weighted by Gasteiger charge is -2.26. The third-order valence-electron chi connectivity index (χ3n) is 6.10. The third kappa shape index (κ3) is 7.53. The number of aryl methyl sites for hydroxylation is 2. The molecule has 38 heavy (non-hydrogen) atoms. The molecule has 2 aromatic carbocycles. The molecule has 0 bridgehead atoms. The van der Waals surface area contributed by atoms with E-state index in [1.807, 2.05) is 44.2 Å². The molecule has 0 unspecified atom stereocenters. The van der Waals surface area contributed by atoms with Gasteiger partial charge >= 0.3 is 0 Å². The molecule has 194 valence electrons. The van der Waals surface area contributed by atoms with E-state index in [1.165, 1.54) is 6.08 Å². The second-order valence-corrected chi connectivity index (χ2v) is 9.00. The Kier molecular flexibility index (Phi) is 9.25. The van der Waals surface area contributed by atoms with Crippen LogP contribution in [0.25, 0.3) is 6.08 Å². The molecule has 0 spiro atoms. The number of nitrogens with zero attached hydrogens (tertiary/aromatic N) is 5. The van der Waals surface area contributed by atoms with Gasteiger partial charge in [-0.2, -0.15) is 20.5 Å². The summed E-state index contributed by atoms with van der Waals surface area (Å²) in [5.74, 6) is 1.43. The number of hydrogen-bond acceptors (Lipinski definition) is 9. The Morgan fingerprint density at radius 2 is 1.76 bits per heavy atom. The topological polar surface area (TPSA) is 119 Å². The summed E-state index contributed by atoms with van der Waals surface area (Å²) in [6.45, 7) is 8.95. The van der Waals surface area contributed by atoms with Gasteiger partial charge in [-0.05, 0) is 79.4 Å². The molecule has 3 aromatic rings. The molecule has 2 N–H and O–H groups in total. The highest BCUT2D eigenvalue weighted by Crippen LogP contribution is 2.28. The van der Waals surface area contributed by atoms with E-state index in [0.29, 0.717) is 29.8 Å². The Balaban J connectivity index is 1.53. The number of morpholine rings is 1. The van der Waals surface area contributed by atoms with E-state index in [0.717, 1.165) is 67.3 Å². The van der Waals surface area contributed by atoms with Crippen LogP contribution in [0.1, 0.15) is 28.7 Å². The number of rotatable bonds is 10. The maximum absolute atomic E-state index is 9.07. The van der Waals surface area contributed by atoms with Gasteiger partial charge in [0, 0.05) is 43.2 Å². The van der Waals surface area contributed by atoms with Gasteiger partial charge in [-0.1, -0.05) is 0 Å². The first kappa shape index (κ1) is 26.6. The Labute approximate surface area is 223 Å². The average Bonchev–Trinajstić information content (AvgIpc) is 2.93. The molecule has 0 amide bonds. The SMILES string of the molecule is Cc1cc(/C=C/C#N)cc(C)c1Nc1cc(OCCCN2CCOCC2)nc(Nc2ccc(C#N)cc2)n1. The number of ether oxygens (including phenoxy) is 2. The van der Waals surface area contributed by atoms with Gasteiger partial charge in [0.05, 0.1) is 37.5 Å². The van der Waals surface area contributed by atoms with E-state index < -0.39 is 0 Å². The van der Waals surface area contributed by atoms with Crippen LogP contribution < -0.4 is 15.4 Å². The normalized spacial score (nSPS) is 13.6. The van der Waals surface area contributed by atoms with Crippen molar-refractivity contribution in [2.45, 2.75) is 20.3 Å². The van der Waals surface area contributed by atoms with Crippen molar-refractivity contribution in [3.63, 3.8) is 0 Å². The van der Waals surface area contributed by atoms with Gasteiger partial charge < -0.3 is 20.1 Å². The highest BCUT2D eigenvalue weighted by atomic mass is 16.5. The molecule has 4 rings (SSSR count). The molecule has 0 saturated carbocycles. The smallest absolute Gasteiger partial charge is 0.232 e. The van der Waals surface area contributed by atoms with E-state index in [4.69, 9.17) is 20.0 Å². The highest BCUT2D eigenvalue weighted by molar-refractivity contribution is 5.70. The zero-order chi connectivity index (χ0) is 26.7. The van der Waals surface area contributed by atoms with Gasteiger partial charge in [0.25, 0.3) is 0 Å². The van der Waals surface area contributed by atoms with E-state index in [1.54, 1.807) is 24.3 Å². The summed E-state index contributed by atoms with van der Waals surface area (Å²) in [6, 6.07) is 17.1. The van der Waals surface area contributed by atoms with E-state index >= 15 is 0 Å². The van der Waals surface area contributed by atoms with Crippen LogP contribution in [0.3, 0.4) is 0 Å². The van der Waals surface area contributed by atoms with Gasteiger partial charge in [0.15, 0.2) is 0 Å². The molecular weight excluding hydrogens is 478 g/mol. The molecule has 0 atom stereocenters. The Bertz CT molecular complexity index is 1330. The average molecular weight is 510 g/mol. The highest BCUT2D eigenvalue weighted by Gasteiger charge is 2.12. The fourth-order valence-corrected chi connectivity index (χ4v) is 4.22. The molecule has 2 heterocycles. The van der Waals surface area contributed by atoms with E-state index in [9.17, 15) is 0 Å². The first-order chi connectivity index (χ1) is 18.5. The van der Waals surface area contributed by atoms with Crippen molar-refractivity contribution in [1.82, 2.24) is 14.9 Å². The standard InChI is InChI=1S/C29H31N7O2/c1-21-17-24(5-3-10-30)18-22(2)28(21)33-26-19-27(38-14-4-11-36-12-15-37-16-13-36)35-29(34-26)32-25-8-6-23(20-31)7-9-25/h3,5-9,17-19H,4,11-16H2,1-2H3,(H2,32,33,34,35)/b5-3+. The number of nitrogens with one attached hydrogen (secondary N) is 2. The monoisotopic (exact) mass is 509 g/mol. The molecule has 0 aliphatic carbocycles. The van der Waals surface area contributed by atoms with Gasteiger partial charge in [-0.3, -0.25) is 4.90 Å². The lowest BCUT2D eigenvalue weighted by atomic mass is 10.0. The summed E-state index contributed by atoms with van der Waals surface area (Å²) >= 11 is 0. The quantitative estimate of drug-likeness (QED) is 0.284. The second kappa shape index (κ2) is 13.2. The van der Waals surface area contributed by atoms with Crippen LogP contribution in [0.2, 0.25) is 0 Å². The molecule has 1 fully saturated rings.